The minimum Gasteiger partial charge on any atom is -0.489 e. The van der Waals surface area contributed by atoms with Crippen LogP contribution in [0.25, 0.3) is 0 Å². The van der Waals surface area contributed by atoms with Gasteiger partial charge in [0.1, 0.15) is 24.7 Å². The van der Waals surface area contributed by atoms with Gasteiger partial charge in [-0.15, -0.1) is 0 Å². The lowest BCUT2D eigenvalue weighted by molar-refractivity contribution is -0.143. The molecule has 0 atom stereocenters. The summed E-state index contributed by atoms with van der Waals surface area (Å²) in [6, 6.07) is 26.9. The Hall–Kier alpha value is -3.27. The van der Waals surface area contributed by atoms with Crippen molar-refractivity contribution in [2.24, 2.45) is 0 Å². The summed E-state index contributed by atoms with van der Waals surface area (Å²) in [7, 11) is 0. The second kappa shape index (κ2) is 19.7. The third-order valence-electron chi connectivity index (χ3n) is 7.16. The SMILES string of the molecule is CCOC(=O)CCCCCCCCCCCCCc1ccc(OCc2ccccc2)cc1OCc1ccccc1. The van der Waals surface area contributed by atoms with E-state index in [1.165, 1.54) is 68.9 Å². The van der Waals surface area contributed by atoms with Gasteiger partial charge in [-0.3, -0.25) is 4.79 Å². The molecule has 0 N–H and O–H groups in total. The van der Waals surface area contributed by atoms with Gasteiger partial charge in [0.15, 0.2) is 0 Å². The predicted molar refractivity (Wildman–Crippen MR) is 164 cm³/mol. The van der Waals surface area contributed by atoms with E-state index in [0.29, 0.717) is 26.2 Å². The normalized spacial score (nSPS) is 10.8. The van der Waals surface area contributed by atoms with Gasteiger partial charge in [-0.1, -0.05) is 125 Å². The molecule has 0 aliphatic heterocycles. The molecule has 0 aromatic heterocycles. The number of aryl methyl sites for hydroxylation is 1. The lowest BCUT2D eigenvalue weighted by atomic mass is 10.0. The van der Waals surface area contributed by atoms with Crippen LogP contribution in [0.3, 0.4) is 0 Å². The Kier molecular flexibility index (Phi) is 15.4. The van der Waals surface area contributed by atoms with Crippen molar-refractivity contribution in [3.05, 3.63) is 95.6 Å². The monoisotopic (exact) mass is 544 g/mol. The molecule has 0 saturated carbocycles. The predicted octanol–water partition coefficient (Wildman–Crippen LogP) is 9.63. The Morgan fingerprint density at radius 2 is 1.12 bits per heavy atom. The van der Waals surface area contributed by atoms with Gasteiger partial charge in [0, 0.05) is 12.5 Å². The molecule has 216 valence electrons. The van der Waals surface area contributed by atoms with E-state index in [2.05, 4.69) is 42.5 Å². The first-order valence-electron chi connectivity index (χ1n) is 15.4. The topological polar surface area (TPSA) is 44.8 Å². The summed E-state index contributed by atoms with van der Waals surface area (Å²) in [6.45, 7) is 3.45. The number of ether oxygens (including phenoxy) is 3. The summed E-state index contributed by atoms with van der Waals surface area (Å²) in [4.78, 5) is 11.4. The molecule has 0 amide bonds. The van der Waals surface area contributed by atoms with Crippen molar-refractivity contribution < 1.29 is 19.0 Å². The maximum atomic E-state index is 11.4. The highest BCUT2D eigenvalue weighted by molar-refractivity contribution is 5.69. The van der Waals surface area contributed by atoms with Gasteiger partial charge < -0.3 is 14.2 Å². The lowest BCUT2D eigenvalue weighted by Gasteiger charge is -2.14. The summed E-state index contributed by atoms with van der Waals surface area (Å²) < 4.78 is 17.3. The summed E-state index contributed by atoms with van der Waals surface area (Å²) in [5.41, 5.74) is 3.58. The van der Waals surface area contributed by atoms with Gasteiger partial charge in [-0.05, 0) is 48.9 Å². The molecule has 0 saturated heterocycles. The van der Waals surface area contributed by atoms with E-state index in [4.69, 9.17) is 14.2 Å². The van der Waals surface area contributed by atoms with Crippen molar-refractivity contribution in [3.8, 4) is 11.5 Å². The van der Waals surface area contributed by atoms with Gasteiger partial charge in [0.25, 0.3) is 0 Å². The number of unbranched alkanes of at least 4 members (excludes halogenated alkanes) is 10. The van der Waals surface area contributed by atoms with Crippen molar-refractivity contribution in [2.75, 3.05) is 6.61 Å². The Bertz CT molecular complexity index is 1060. The number of benzene rings is 3. The van der Waals surface area contributed by atoms with E-state index in [1.807, 2.05) is 43.3 Å². The van der Waals surface area contributed by atoms with Crippen LogP contribution in [-0.4, -0.2) is 12.6 Å². The Morgan fingerprint density at radius 3 is 1.70 bits per heavy atom. The zero-order valence-electron chi connectivity index (χ0n) is 24.5. The highest BCUT2D eigenvalue weighted by Gasteiger charge is 2.08. The molecule has 0 aliphatic rings. The summed E-state index contributed by atoms with van der Waals surface area (Å²) >= 11 is 0. The van der Waals surface area contributed by atoms with Crippen LogP contribution < -0.4 is 9.47 Å². The van der Waals surface area contributed by atoms with Gasteiger partial charge in [-0.25, -0.2) is 0 Å². The number of hydrogen-bond donors (Lipinski definition) is 0. The van der Waals surface area contributed by atoms with Crippen LogP contribution in [0.5, 0.6) is 11.5 Å². The molecule has 0 heterocycles. The van der Waals surface area contributed by atoms with Crippen LogP contribution in [0.2, 0.25) is 0 Å². The largest absolute Gasteiger partial charge is 0.489 e. The van der Waals surface area contributed by atoms with Gasteiger partial charge in [0.05, 0.1) is 6.61 Å². The molecule has 0 bridgehead atoms. The lowest BCUT2D eigenvalue weighted by Crippen LogP contribution is -2.03. The van der Waals surface area contributed by atoms with Crippen LogP contribution >= 0.6 is 0 Å². The molecular weight excluding hydrogens is 496 g/mol. The maximum absolute atomic E-state index is 11.4. The molecule has 0 spiro atoms. The molecular formula is C36H48O4. The number of esters is 1. The molecule has 0 fully saturated rings. The molecule has 3 aromatic rings. The average Bonchev–Trinajstić information content (AvgIpc) is 2.99. The maximum Gasteiger partial charge on any atom is 0.305 e. The first-order valence-corrected chi connectivity index (χ1v) is 15.4. The summed E-state index contributed by atoms with van der Waals surface area (Å²) in [5, 5.41) is 0. The highest BCUT2D eigenvalue weighted by atomic mass is 16.5. The number of carbonyl (C=O) groups is 1. The van der Waals surface area contributed by atoms with E-state index >= 15 is 0 Å². The van der Waals surface area contributed by atoms with Crippen LogP contribution in [0.1, 0.15) is 101 Å². The molecule has 3 aromatic carbocycles. The fourth-order valence-electron chi connectivity index (χ4n) is 4.85. The number of hydrogen-bond acceptors (Lipinski definition) is 4. The van der Waals surface area contributed by atoms with Gasteiger partial charge in [0.2, 0.25) is 0 Å². The molecule has 40 heavy (non-hydrogen) atoms. The van der Waals surface area contributed by atoms with Crippen molar-refractivity contribution in [3.63, 3.8) is 0 Å². The minimum atomic E-state index is -0.0525. The quantitative estimate of drug-likeness (QED) is 0.0989. The second-order valence-electron chi connectivity index (χ2n) is 10.5. The smallest absolute Gasteiger partial charge is 0.305 e. The van der Waals surface area contributed by atoms with Crippen LogP contribution in [0.4, 0.5) is 0 Å². The van der Waals surface area contributed by atoms with E-state index in [1.54, 1.807) is 0 Å². The third kappa shape index (κ3) is 13.2. The van der Waals surface area contributed by atoms with Gasteiger partial charge >= 0.3 is 5.97 Å². The fourth-order valence-corrected chi connectivity index (χ4v) is 4.85. The zero-order valence-corrected chi connectivity index (χ0v) is 24.5. The van der Waals surface area contributed by atoms with E-state index in [-0.39, 0.29) is 5.97 Å². The van der Waals surface area contributed by atoms with E-state index < -0.39 is 0 Å². The van der Waals surface area contributed by atoms with E-state index in [9.17, 15) is 4.79 Å². The number of rotatable bonds is 21. The first-order chi connectivity index (χ1) is 19.7. The van der Waals surface area contributed by atoms with Crippen molar-refractivity contribution in [1.29, 1.82) is 0 Å². The molecule has 0 aliphatic carbocycles. The highest BCUT2D eigenvalue weighted by Crippen LogP contribution is 2.28. The Labute approximate surface area is 242 Å². The van der Waals surface area contributed by atoms with Crippen LogP contribution in [0, 0.1) is 0 Å². The second-order valence-corrected chi connectivity index (χ2v) is 10.5. The standard InChI is InChI=1S/C36H48O4/c1-2-38-36(37)25-19-11-9-7-5-3-4-6-8-10-18-24-33-26-27-34(39-29-31-20-14-12-15-21-31)28-35(33)40-30-32-22-16-13-17-23-32/h12-17,20-23,26-28H,2-11,18-19,24-25,29-30H2,1H3. The van der Waals surface area contributed by atoms with Crippen LogP contribution in [-0.2, 0) is 29.2 Å². The van der Waals surface area contributed by atoms with E-state index in [0.717, 1.165) is 36.3 Å². The molecule has 4 heteroatoms. The molecule has 0 unspecified atom stereocenters. The summed E-state index contributed by atoms with van der Waals surface area (Å²) in [6.07, 6.45) is 15.2. The molecule has 4 nitrogen and oxygen atoms in total. The zero-order chi connectivity index (χ0) is 28.1. The number of carbonyl (C=O) groups excluding carboxylic acids is 1. The first kappa shape index (κ1) is 31.3. The van der Waals surface area contributed by atoms with Crippen molar-refractivity contribution >= 4 is 5.97 Å². The fraction of sp³-hybridized carbons (Fsp3) is 0.472. The van der Waals surface area contributed by atoms with Crippen LogP contribution in [0.15, 0.2) is 78.9 Å². The molecule has 0 radical (unpaired) electrons. The average molecular weight is 545 g/mol. The minimum absolute atomic E-state index is 0.0525. The van der Waals surface area contributed by atoms with Gasteiger partial charge in [-0.2, -0.15) is 0 Å². The van der Waals surface area contributed by atoms with Crippen molar-refractivity contribution in [2.45, 2.75) is 104 Å². The molecule has 3 rings (SSSR count). The van der Waals surface area contributed by atoms with Crippen molar-refractivity contribution in [1.82, 2.24) is 0 Å². The third-order valence-corrected chi connectivity index (χ3v) is 7.16. The Morgan fingerprint density at radius 1 is 0.600 bits per heavy atom. The Balaban J connectivity index is 1.33. The summed E-state index contributed by atoms with van der Waals surface area (Å²) in [5.74, 6) is 1.72.